The lowest BCUT2D eigenvalue weighted by Gasteiger charge is -2.32. The maximum atomic E-state index is 12.8. The molecule has 0 radical (unpaired) electrons. The van der Waals surface area contributed by atoms with Gasteiger partial charge in [0.2, 0.25) is 5.91 Å². The first-order chi connectivity index (χ1) is 15.2. The highest BCUT2D eigenvalue weighted by Crippen LogP contribution is 2.36. The fourth-order valence-corrected chi connectivity index (χ4v) is 3.61. The molecule has 0 atom stereocenters. The number of halogens is 1. The van der Waals surface area contributed by atoms with Crippen molar-refractivity contribution in [2.24, 2.45) is 11.7 Å². The van der Waals surface area contributed by atoms with Gasteiger partial charge in [-0.3, -0.25) is 19.2 Å². The van der Waals surface area contributed by atoms with Crippen LogP contribution in [0.25, 0.3) is 0 Å². The van der Waals surface area contributed by atoms with Crippen LogP contribution in [0.3, 0.4) is 0 Å². The van der Waals surface area contributed by atoms with Crippen LogP contribution in [0, 0.1) is 5.92 Å². The maximum Gasteiger partial charge on any atom is 0.309 e. The number of primary amides is 1. The molecule has 1 heterocycles. The number of amides is 3. The van der Waals surface area contributed by atoms with Crippen LogP contribution in [-0.2, 0) is 19.1 Å². The van der Waals surface area contributed by atoms with E-state index in [2.05, 4.69) is 0 Å². The second kappa shape index (κ2) is 11.6. The molecule has 0 unspecified atom stereocenters. The summed E-state index contributed by atoms with van der Waals surface area (Å²) in [6.45, 7) is 2.41. The molecule has 2 N–H and O–H groups in total. The highest BCUT2D eigenvalue weighted by Gasteiger charge is 2.29. The lowest BCUT2D eigenvalue weighted by atomic mass is 9.97. The number of likely N-dealkylation sites (tertiary alicyclic amines) is 1. The molecule has 10 nitrogen and oxygen atoms in total. The van der Waals surface area contributed by atoms with Crippen molar-refractivity contribution in [3.63, 3.8) is 0 Å². The van der Waals surface area contributed by atoms with Crippen molar-refractivity contribution in [3.05, 3.63) is 22.7 Å². The van der Waals surface area contributed by atoms with Crippen molar-refractivity contribution in [3.8, 4) is 11.5 Å². The number of hydrogen-bond donors (Lipinski definition) is 1. The SMILES string of the molecule is CCOC(=O)C1CCN(C(=O)CN(C)C(=O)c2cc(Cl)c(OCC(N)=O)c(OC)c2)CC1. The van der Waals surface area contributed by atoms with E-state index in [-0.39, 0.29) is 46.4 Å². The Hall–Kier alpha value is -3.01. The van der Waals surface area contributed by atoms with Crippen LogP contribution in [0.15, 0.2) is 12.1 Å². The summed E-state index contributed by atoms with van der Waals surface area (Å²) in [5.74, 6) is -1.54. The molecule has 1 aliphatic rings. The molecule has 0 aliphatic carbocycles. The number of nitrogens with two attached hydrogens (primary N) is 1. The Balaban J connectivity index is 2.00. The van der Waals surface area contributed by atoms with E-state index in [4.69, 9.17) is 31.5 Å². The highest BCUT2D eigenvalue weighted by atomic mass is 35.5. The number of carbonyl (C=O) groups is 4. The van der Waals surface area contributed by atoms with Crippen LogP contribution < -0.4 is 15.2 Å². The molecule has 0 saturated carbocycles. The fourth-order valence-electron chi connectivity index (χ4n) is 3.35. The Morgan fingerprint density at radius 1 is 1.22 bits per heavy atom. The van der Waals surface area contributed by atoms with E-state index in [1.165, 1.54) is 31.2 Å². The first-order valence-electron chi connectivity index (χ1n) is 10.2. The first kappa shape index (κ1) is 25.3. The average molecular weight is 470 g/mol. The standard InChI is InChI=1S/C21H28ClN3O7/c1-4-31-21(29)13-5-7-25(8-6-13)18(27)11-24(2)20(28)14-9-15(22)19(16(10-14)30-3)32-12-17(23)26/h9-10,13H,4-8,11-12H2,1-3H3,(H2,23,26). The molecule has 1 aromatic rings. The number of methoxy groups -OCH3 is 1. The molecule has 3 amide bonds. The molecule has 0 spiro atoms. The Bertz CT molecular complexity index is 869. The quantitative estimate of drug-likeness (QED) is 0.536. The van der Waals surface area contributed by atoms with E-state index < -0.39 is 18.4 Å². The van der Waals surface area contributed by atoms with Gasteiger partial charge in [0.05, 0.1) is 31.2 Å². The maximum absolute atomic E-state index is 12.8. The molecule has 1 aliphatic heterocycles. The van der Waals surface area contributed by atoms with Crippen LogP contribution in [-0.4, -0.2) is 80.5 Å². The van der Waals surface area contributed by atoms with Gasteiger partial charge >= 0.3 is 5.97 Å². The number of likely N-dealkylation sites (N-methyl/N-ethyl adjacent to an activating group) is 1. The minimum absolute atomic E-state index is 0.0646. The normalized spacial score (nSPS) is 13.9. The Morgan fingerprint density at radius 2 is 1.88 bits per heavy atom. The van der Waals surface area contributed by atoms with Gasteiger partial charge in [-0.05, 0) is 31.9 Å². The van der Waals surface area contributed by atoms with Crippen LogP contribution >= 0.6 is 11.6 Å². The molecule has 1 saturated heterocycles. The van der Waals surface area contributed by atoms with E-state index in [9.17, 15) is 19.2 Å². The second-order valence-electron chi connectivity index (χ2n) is 7.31. The Labute approximate surface area is 191 Å². The van der Waals surface area contributed by atoms with Gasteiger partial charge in [-0.15, -0.1) is 0 Å². The average Bonchev–Trinajstić information content (AvgIpc) is 2.77. The van der Waals surface area contributed by atoms with Gasteiger partial charge in [-0.25, -0.2) is 0 Å². The summed E-state index contributed by atoms with van der Waals surface area (Å²) >= 11 is 6.19. The van der Waals surface area contributed by atoms with Crippen molar-refractivity contribution in [1.29, 1.82) is 0 Å². The van der Waals surface area contributed by atoms with Crippen molar-refractivity contribution in [2.45, 2.75) is 19.8 Å². The molecule has 11 heteroatoms. The van der Waals surface area contributed by atoms with E-state index in [1.54, 1.807) is 11.8 Å². The zero-order valence-electron chi connectivity index (χ0n) is 18.4. The number of carbonyl (C=O) groups excluding carboxylic acids is 4. The van der Waals surface area contributed by atoms with Gasteiger partial charge < -0.3 is 29.7 Å². The smallest absolute Gasteiger partial charge is 0.309 e. The summed E-state index contributed by atoms with van der Waals surface area (Å²) in [5.41, 5.74) is 5.27. The first-order valence-corrected chi connectivity index (χ1v) is 10.5. The van der Waals surface area contributed by atoms with Crippen LogP contribution in [0.1, 0.15) is 30.1 Å². The largest absolute Gasteiger partial charge is 0.493 e. The molecule has 0 aromatic heterocycles. The number of hydrogen-bond acceptors (Lipinski definition) is 7. The topological polar surface area (TPSA) is 128 Å². The Kier molecular flexibility index (Phi) is 9.13. The molecule has 1 fully saturated rings. The van der Waals surface area contributed by atoms with Crippen LogP contribution in [0.5, 0.6) is 11.5 Å². The third kappa shape index (κ3) is 6.49. The number of ether oxygens (including phenoxy) is 3. The third-order valence-corrected chi connectivity index (χ3v) is 5.30. The van der Waals surface area contributed by atoms with Crippen molar-refractivity contribution < 1.29 is 33.4 Å². The minimum atomic E-state index is -0.687. The van der Waals surface area contributed by atoms with E-state index in [0.29, 0.717) is 32.5 Å². The highest BCUT2D eigenvalue weighted by molar-refractivity contribution is 6.32. The van der Waals surface area contributed by atoms with E-state index in [1.807, 2.05) is 0 Å². The predicted molar refractivity (Wildman–Crippen MR) is 116 cm³/mol. The van der Waals surface area contributed by atoms with Gasteiger partial charge in [-0.2, -0.15) is 0 Å². The van der Waals surface area contributed by atoms with Gasteiger partial charge in [0.15, 0.2) is 18.1 Å². The van der Waals surface area contributed by atoms with Crippen LogP contribution in [0.2, 0.25) is 5.02 Å². The zero-order valence-corrected chi connectivity index (χ0v) is 19.1. The van der Waals surface area contributed by atoms with Crippen molar-refractivity contribution in [2.75, 3.05) is 47.0 Å². The molecule has 176 valence electrons. The van der Waals surface area contributed by atoms with Crippen molar-refractivity contribution >= 4 is 35.3 Å². The molecular weight excluding hydrogens is 442 g/mol. The predicted octanol–water partition coefficient (Wildman–Crippen LogP) is 1.09. The monoisotopic (exact) mass is 469 g/mol. The summed E-state index contributed by atoms with van der Waals surface area (Å²) in [7, 11) is 2.87. The fraction of sp³-hybridized carbons (Fsp3) is 0.524. The second-order valence-corrected chi connectivity index (χ2v) is 7.72. The Morgan fingerprint density at radius 3 is 2.44 bits per heavy atom. The number of piperidine rings is 1. The summed E-state index contributed by atoms with van der Waals surface area (Å²) in [6.07, 6.45) is 1.06. The molecule has 1 aromatic carbocycles. The van der Waals surface area contributed by atoms with E-state index >= 15 is 0 Å². The number of benzene rings is 1. The summed E-state index contributed by atoms with van der Waals surface area (Å²) in [5, 5.41) is 0.0646. The lowest BCUT2D eigenvalue weighted by Crippen LogP contribution is -2.45. The number of esters is 1. The van der Waals surface area contributed by atoms with E-state index in [0.717, 1.165) is 0 Å². The third-order valence-electron chi connectivity index (χ3n) is 5.02. The molecule has 0 bridgehead atoms. The van der Waals surface area contributed by atoms with Gasteiger partial charge in [-0.1, -0.05) is 11.6 Å². The zero-order chi connectivity index (χ0) is 23.8. The summed E-state index contributed by atoms with van der Waals surface area (Å²) < 4.78 is 15.5. The molecule has 2 rings (SSSR count). The number of rotatable bonds is 9. The molecular formula is C21H28ClN3O7. The minimum Gasteiger partial charge on any atom is -0.493 e. The van der Waals surface area contributed by atoms with Gasteiger partial charge in [0.25, 0.3) is 11.8 Å². The number of nitrogens with zero attached hydrogens (tertiary/aromatic N) is 2. The van der Waals surface area contributed by atoms with Crippen molar-refractivity contribution in [1.82, 2.24) is 9.80 Å². The lowest BCUT2D eigenvalue weighted by molar-refractivity contribution is -0.151. The summed E-state index contributed by atoms with van der Waals surface area (Å²) in [4.78, 5) is 51.2. The van der Waals surface area contributed by atoms with Gasteiger partial charge in [0.1, 0.15) is 0 Å². The van der Waals surface area contributed by atoms with Gasteiger partial charge in [0, 0.05) is 25.7 Å². The van der Waals surface area contributed by atoms with Crippen LogP contribution in [0.4, 0.5) is 0 Å². The summed E-state index contributed by atoms with van der Waals surface area (Å²) in [6, 6.07) is 2.78. The molecule has 32 heavy (non-hydrogen) atoms.